The SMILES string of the molecule is COCCc1nc(-c2ccc3c(c2)N(CC(O)CO)C(=O)CO3)cs1. The number of aliphatic hydroxyl groups is 2. The minimum Gasteiger partial charge on any atom is -0.482 e. The van der Waals surface area contributed by atoms with Crippen LogP contribution >= 0.6 is 11.3 Å². The third-order valence-electron chi connectivity index (χ3n) is 3.87. The fraction of sp³-hybridized carbons (Fsp3) is 0.412. The van der Waals surface area contributed by atoms with Crippen molar-refractivity contribution in [2.75, 3.05) is 38.4 Å². The molecule has 134 valence electrons. The lowest BCUT2D eigenvalue weighted by atomic mass is 10.1. The average Bonchev–Trinajstić information content (AvgIpc) is 3.10. The van der Waals surface area contributed by atoms with Gasteiger partial charge in [-0.15, -0.1) is 11.3 Å². The lowest BCUT2D eigenvalue weighted by Crippen LogP contribution is -2.44. The van der Waals surface area contributed by atoms with E-state index in [0.29, 0.717) is 18.0 Å². The molecule has 0 aliphatic carbocycles. The van der Waals surface area contributed by atoms with Crippen molar-refractivity contribution < 1.29 is 24.5 Å². The zero-order chi connectivity index (χ0) is 17.8. The van der Waals surface area contributed by atoms with E-state index < -0.39 is 12.7 Å². The predicted octanol–water partition coefficient (Wildman–Crippen LogP) is 1.08. The Labute approximate surface area is 149 Å². The van der Waals surface area contributed by atoms with Crippen LogP contribution in [0.3, 0.4) is 0 Å². The second-order valence-corrected chi connectivity index (χ2v) is 6.62. The number of benzene rings is 1. The molecular weight excluding hydrogens is 344 g/mol. The molecule has 1 atom stereocenters. The van der Waals surface area contributed by atoms with E-state index >= 15 is 0 Å². The standard InChI is InChI=1S/C17H20N2O5S/c1-23-5-4-16-18-13(10-25-16)11-2-3-15-14(6-11)19(7-12(21)8-20)17(22)9-24-15/h2-3,6,10,12,20-21H,4-5,7-9H2,1H3. The predicted molar refractivity (Wildman–Crippen MR) is 94.1 cm³/mol. The van der Waals surface area contributed by atoms with Crippen LogP contribution in [0.15, 0.2) is 23.6 Å². The van der Waals surface area contributed by atoms with Crippen molar-refractivity contribution in [1.29, 1.82) is 0 Å². The number of fused-ring (bicyclic) bond motifs is 1. The number of methoxy groups -OCH3 is 1. The Hall–Kier alpha value is -2.00. The lowest BCUT2D eigenvalue weighted by Gasteiger charge is -2.30. The van der Waals surface area contributed by atoms with Crippen LogP contribution in [-0.4, -0.2) is 60.7 Å². The van der Waals surface area contributed by atoms with Crippen LogP contribution in [0.5, 0.6) is 5.75 Å². The van der Waals surface area contributed by atoms with Gasteiger partial charge in [0.1, 0.15) is 5.75 Å². The van der Waals surface area contributed by atoms with E-state index in [-0.39, 0.29) is 19.1 Å². The van der Waals surface area contributed by atoms with Crippen LogP contribution in [-0.2, 0) is 16.0 Å². The molecule has 0 saturated heterocycles. The molecule has 0 bridgehead atoms. The summed E-state index contributed by atoms with van der Waals surface area (Å²) in [5, 5.41) is 21.7. The first-order valence-corrected chi connectivity index (χ1v) is 8.80. The summed E-state index contributed by atoms with van der Waals surface area (Å²) in [4.78, 5) is 18.2. The first kappa shape index (κ1) is 17.8. The Morgan fingerprint density at radius 3 is 3.08 bits per heavy atom. The molecule has 7 nitrogen and oxygen atoms in total. The summed E-state index contributed by atoms with van der Waals surface area (Å²) in [7, 11) is 1.66. The first-order valence-electron chi connectivity index (χ1n) is 7.92. The molecular formula is C17H20N2O5S. The van der Waals surface area contributed by atoms with E-state index in [1.54, 1.807) is 24.5 Å². The number of carbonyl (C=O) groups is 1. The lowest BCUT2D eigenvalue weighted by molar-refractivity contribution is -0.121. The molecule has 1 aliphatic rings. The second-order valence-electron chi connectivity index (χ2n) is 5.68. The largest absolute Gasteiger partial charge is 0.482 e. The summed E-state index contributed by atoms with van der Waals surface area (Å²) < 4.78 is 10.5. The highest BCUT2D eigenvalue weighted by Crippen LogP contribution is 2.36. The van der Waals surface area contributed by atoms with Gasteiger partial charge < -0.3 is 24.6 Å². The third-order valence-corrected chi connectivity index (χ3v) is 4.78. The van der Waals surface area contributed by atoms with Crippen LogP contribution in [0.25, 0.3) is 11.3 Å². The van der Waals surface area contributed by atoms with Gasteiger partial charge in [0.05, 0.1) is 42.3 Å². The number of rotatable bonds is 7. The number of anilines is 1. The highest BCUT2D eigenvalue weighted by molar-refractivity contribution is 7.09. The molecule has 0 spiro atoms. The summed E-state index contributed by atoms with van der Waals surface area (Å²) >= 11 is 1.56. The number of β-amino-alcohol motifs (C(OH)–C–C–N with tert-alkyl or cyclic N) is 1. The minimum absolute atomic E-state index is 0.0191. The molecule has 3 rings (SSSR count). The third kappa shape index (κ3) is 3.98. The number of aliphatic hydroxyl groups excluding tert-OH is 2. The van der Waals surface area contributed by atoms with Crippen molar-refractivity contribution in [2.24, 2.45) is 0 Å². The Balaban J connectivity index is 1.89. The van der Waals surface area contributed by atoms with Crippen molar-refractivity contribution in [3.05, 3.63) is 28.6 Å². The Morgan fingerprint density at radius 1 is 1.48 bits per heavy atom. The molecule has 2 N–H and O–H groups in total. The Morgan fingerprint density at radius 2 is 2.32 bits per heavy atom. The van der Waals surface area contributed by atoms with Gasteiger partial charge in [0, 0.05) is 24.5 Å². The summed E-state index contributed by atoms with van der Waals surface area (Å²) in [5.41, 5.74) is 2.26. The molecule has 1 aliphatic heterocycles. The van der Waals surface area contributed by atoms with Crippen molar-refractivity contribution in [3.63, 3.8) is 0 Å². The van der Waals surface area contributed by atoms with Crippen molar-refractivity contribution in [1.82, 2.24) is 4.98 Å². The number of hydrogen-bond acceptors (Lipinski definition) is 7. The van der Waals surface area contributed by atoms with Gasteiger partial charge in [0.15, 0.2) is 6.61 Å². The van der Waals surface area contributed by atoms with Crippen molar-refractivity contribution in [2.45, 2.75) is 12.5 Å². The fourth-order valence-electron chi connectivity index (χ4n) is 2.58. The highest BCUT2D eigenvalue weighted by Gasteiger charge is 2.27. The van der Waals surface area contributed by atoms with Crippen LogP contribution in [0, 0.1) is 0 Å². The monoisotopic (exact) mass is 364 g/mol. The first-order chi connectivity index (χ1) is 12.1. The van der Waals surface area contributed by atoms with Gasteiger partial charge >= 0.3 is 0 Å². The molecule has 1 unspecified atom stereocenters. The summed E-state index contributed by atoms with van der Waals surface area (Å²) in [5.74, 6) is 0.319. The van der Waals surface area contributed by atoms with Gasteiger partial charge in [-0.3, -0.25) is 4.79 Å². The molecule has 0 fully saturated rings. The van der Waals surface area contributed by atoms with E-state index in [4.69, 9.17) is 14.6 Å². The van der Waals surface area contributed by atoms with E-state index in [9.17, 15) is 9.90 Å². The number of aromatic nitrogens is 1. The van der Waals surface area contributed by atoms with Gasteiger partial charge in [0.2, 0.25) is 0 Å². The number of carbonyl (C=O) groups excluding carboxylic acids is 1. The molecule has 0 saturated carbocycles. The molecule has 2 aromatic rings. The van der Waals surface area contributed by atoms with E-state index in [0.717, 1.165) is 22.7 Å². The minimum atomic E-state index is -1.00. The molecule has 1 aromatic carbocycles. The second kappa shape index (κ2) is 7.92. The highest BCUT2D eigenvalue weighted by atomic mass is 32.1. The summed E-state index contributed by atoms with van der Waals surface area (Å²) in [6, 6.07) is 5.51. The Bertz CT molecular complexity index is 748. The summed E-state index contributed by atoms with van der Waals surface area (Å²) in [6.45, 7) is 0.147. The quantitative estimate of drug-likeness (QED) is 0.764. The number of hydrogen-bond donors (Lipinski definition) is 2. The van der Waals surface area contributed by atoms with Crippen molar-refractivity contribution in [3.8, 4) is 17.0 Å². The maximum Gasteiger partial charge on any atom is 0.265 e. The molecule has 1 amide bonds. The number of amides is 1. The Kier molecular flexibility index (Phi) is 5.64. The van der Waals surface area contributed by atoms with E-state index in [1.807, 2.05) is 17.5 Å². The van der Waals surface area contributed by atoms with Crippen molar-refractivity contribution >= 4 is 22.9 Å². The van der Waals surface area contributed by atoms with E-state index in [2.05, 4.69) is 4.98 Å². The number of thiazole rings is 1. The molecule has 1 aromatic heterocycles. The molecule has 2 heterocycles. The number of nitrogens with zero attached hydrogens (tertiary/aromatic N) is 2. The van der Waals surface area contributed by atoms with Crippen LogP contribution in [0.4, 0.5) is 5.69 Å². The van der Waals surface area contributed by atoms with Gasteiger partial charge in [-0.1, -0.05) is 0 Å². The summed E-state index contributed by atoms with van der Waals surface area (Å²) in [6.07, 6.45) is -0.249. The molecule has 25 heavy (non-hydrogen) atoms. The van der Waals surface area contributed by atoms with Crippen LogP contribution in [0.1, 0.15) is 5.01 Å². The van der Waals surface area contributed by atoms with Crippen LogP contribution in [0.2, 0.25) is 0 Å². The molecule has 8 heteroatoms. The van der Waals surface area contributed by atoms with Crippen LogP contribution < -0.4 is 9.64 Å². The zero-order valence-corrected chi connectivity index (χ0v) is 14.7. The van der Waals surface area contributed by atoms with Gasteiger partial charge in [0.25, 0.3) is 5.91 Å². The maximum atomic E-state index is 12.2. The topological polar surface area (TPSA) is 92.1 Å². The van der Waals surface area contributed by atoms with Gasteiger partial charge in [-0.25, -0.2) is 4.98 Å². The van der Waals surface area contributed by atoms with Gasteiger partial charge in [-0.2, -0.15) is 0 Å². The molecule has 0 radical (unpaired) electrons. The average molecular weight is 364 g/mol. The zero-order valence-electron chi connectivity index (χ0n) is 13.8. The van der Waals surface area contributed by atoms with Gasteiger partial charge in [-0.05, 0) is 18.2 Å². The normalized spacial score (nSPS) is 15.0. The number of ether oxygens (including phenoxy) is 2. The fourth-order valence-corrected chi connectivity index (χ4v) is 3.37. The maximum absolute atomic E-state index is 12.2. The van der Waals surface area contributed by atoms with E-state index in [1.165, 1.54) is 4.90 Å². The smallest absolute Gasteiger partial charge is 0.265 e.